The molecule has 1 aliphatic rings. The Kier molecular flexibility index (Phi) is 7.46. The summed E-state index contributed by atoms with van der Waals surface area (Å²) in [4.78, 5) is 16.7. The summed E-state index contributed by atoms with van der Waals surface area (Å²) in [5.41, 5.74) is 8.35. The first-order valence-electron chi connectivity index (χ1n) is 11.9. The number of pyridine rings is 1. The van der Waals surface area contributed by atoms with E-state index in [2.05, 4.69) is 22.7 Å². The van der Waals surface area contributed by atoms with E-state index in [-0.39, 0.29) is 17.9 Å². The predicted molar refractivity (Wildman–Crippen MR) is 129 cm³/mol. The average Bonchev–Trinajstić information content (AvgIpc) is 3.25. The van der Waals surface area contributed by atoms with Crippen molar-refractivity contribution in [3.05, 3.63) is 53.1 Å². The number of aromatic nitrogens is 4. The summed E-state index contributed by atoms with van der Waals surface area (Å²) >= 11 is 0. The first-order chi connectivity index (χ1) is 16.4. The molecule has 0 spiro atoms. The number of nitrogens with zero attached hydrogens (tertiary/aromatic N) is 4. The normalized spacial score (nSPS) is 19.0. The Morgan fingerprint density at radius 1 is 1.41 bits per heavy atom. The number of nitrogens with one attached hydrogen (secondary N) is 2. The van der Waals surface area contributed by atoms with E-state index in [9.17, 15) is 10.0 Å². The summed E-state index contributed by atoms with van der Waals surface area (Å²) in [7, 11) is 0. The zero-order valence-corrected chi connectivity index (χ0v) is 19.7. The van der Waals surface area contributed by atoms with Crippen molar-refractivity contribution in [3.63, 3.8) is 0 Å². The van der Waals surface area contributed by atoms with Crippen LogP contribution in [0.25, 0.3) is 5.65 Å². The summed E-state index contributed by atoms with van der Waals surface area (Å²) in [5.74, 6) is 1.34. The fourth-order valence-electron chi connectivity index (χ4n) is 4.36. The first-order valence-corrected chi connectivity index (χ1v) is 11.9. The number of nitrogens with two attached hydrogens (primary N) is 1. The molecule has 0 bridgehead atoms. The van der Waals surface area contributed by atoms with E-state index >= 15 is 0 Å². The SMILES string of the molecule is CCc1cnn2c(NCc3ccc[n+]([O-])c3)cc(N[C@H]3CCCC[C@H]3COC(=O)[C@H](C)N)nc12. The zero-order chi connectivity index (χ0) is 24.1. The minimum atomic E-state index is -0.622. The van der Waals surface area contributed by atoms with Crippen LogP contribution in [-0.4, -0.2) is 39.3 Å². The molecule has 3 aromatic heterocycles. The highest BCUT2D eigenvalue weighted by Gasteiger charge is 2.27. The molecule has 3 heterocycles. The maximum Gasteiger partial charge on any atom is 0.322 e. The molecule has 0 amide bonds. The molecule has 0 radical (unpaired) electrons. The molecule has 10 heteroatoms. The second-order valence-electron chi connectivity index (χ2n) is 8.93. The van der Waals surface area contributed by atoms with Crippen LogP contribution in [0, 0.1) is 11.1 Å². The summed E-state index contributed by atoms with van der Waals surface area (Å²) in [6, 6.07) is 5.08. The van der Waals surface area contributed by atoms with Gasteiger partial charge in [0.05, 0.1) is 12.8 Å². The number of hydrogen-bond acceptors (Lipinski definition) is 8. The third kappa shape index (κ3) is 5.56. The van der Waals surface area contributed by atoms with Crippen LogP contribution in [-0.2, 0) is 22.5 Å². The first kappa shape index (κ1) is 23.7. The van der Waals surface area contributed by atoms with Crippen LogP contribution in [0.3, 0.4) is 0 Å². The molecule has 4 rings (SSSR count). The van der Waals surface area contributed by atoms with Crippen molar-refractivity contribution in [2.45, 2.75) is 64.6 Å². The van der Waals surface area contributed by atoms with E-state index in [4.69, 9.17) is 15.5 Å². The number of carbonyl (C=O) groups excluding carboxylic acids is 1. The van der Waals surface area contributed by atoms with Crippen LogP contribution in [0.2, 0.25) is 0 Å². The van der Waals surface area contributed by atoms with E-state index in [1.165, 1.54) is 6.20 Å². The van der Waals surface area contributed by atoms with Gasteiger partial charge in [0.15, 0.2) is 18.0 Å². The quantitative estimate of drug-likeness (QED) is 0.248. The van der Waals surface area contributed by atoms with Gasteiger partial charge in [0.2, 0.25) is 0 Å². The zero-order valence-electron chi connectivity index (χ0n) is 19.7. The Balaban J connectivity index is 1.55. The van der Waals surface area contributed by atoms with Crippen molar-refractivity contribution in [1.29, 1.82) is 0 Å². The minimum absolute atomic E-state index is 0.138. The Labute approximate surface area is 199 Å². The molecular weight excluding hydrogens is 434 g/mol. The van der Waals surface area contributed by atoms with E-state index in [0.29, 0.717) is 13.2 Å². The lowest BCUT2D eigenvalue weighted by molar-refractivity contribution is -0.605. The van der Waals surface area contributed by atoms with Crippen LogP contribution in [0.4, 0.5) is 11.6 Å². The van der Waals surface area contributed by atoms with Gasteiger partial charge in [0.25, 0.3) is 0 Å². The maximum absolute atomic E-state index is 11.9. The Bertz CT molecular complexity index is 1130. The molecule has 1 fully saturated rings. The summed E-state index contributed by atoms with van der Waals surface area (Å²) in [5, 5.41) is 23.1. The molecule has 3 aromatic rings. The third-order valence-corrected chi connectivity index (χ3v) is 6.29. The van der Waals surface area contributed by atoms with Gasteiger partial charge in [-0.15, -0.1) is 0 Å². The molecule has 34 heavy (non-hydrogen) atoms. The van der Waals surface area contributed by atoms with Crippen molar-refractivity contribution >= 4 is 23.3 Å². The van der Waals surface area contributed by atoms with Crippen molar-refractivity contribution in [1.82, 2.24) is 14.6 Å². The Morgan fingerprint density at radius 2 is 2.24 bits per heavy atom. The molecule has 4 N–H and O–H groups in total. The molecular formula is C24H33N7O3. The number of anilines is 2. The summed E-state index contributed by atoms with van der Waals surface area (Å²) in [6.07, 6.45) is 9.83. The summed E-state index contributed by atoms with van der Waals surface area (Å²) in [6.45, 7) is 4.53. The van der Waals surface area contributed by atoms with Gasteiger partial charge in [-0.2, -0.15) is 14.3 Å². The third-order valence-electron chi connectivity index (χ3n) is 6.29. The van der Waals surface area contributed by atoms with E-state index < -0.39 is 6.04 Å². The lowest BCUT2D eigenvalue weighted by atomic mass is 9.85. The topological polar surface area (TPSA) is 134 Å². The number of esters is 1. The van der Waals surface area contributed by atoms with Crippen molar-refractivity contribution in [3.8, 4) is 0 Å². The second-order valence-corrected chi connectivity index (χ2v) is 8.93. The maximum atomic E-state index is 11.9. The van der Waals surface area contributed by atoms with Gasteiger partial charge in [-0.25, -0.2) is 4.98 Å². The molecule has 1 aliphatic carbocycles. The average molecular weight is 468 g/mol. The molecule has 1 saturated carbocycles. The minimum Gasteiger partial charge on any atom is -0.619 e. The van der Waals surface area contributed by atoms with Crippen molar-refractivity contribution in [2.75, 3.05) is 17.2 Å². The van der Waals surface area contributed by atoms with Gasteiger partial charge in [-0.1, -0.05) is 19.8 Å². The van der Waals surface area contributed by atoms with Crippen molar-refractivity contribution in [2.24, 2.45) is 11.7 Å². The van der Waals surface area contributed by atoms with Crippen LogP contribution < -0.4 is 21.1 Å². The van der Waals surface area contributed by atoms with E-state index in [0.717, 1.165) is 65.2 Å². The number of carbonyl (C=O) groups is 1. The molecule has 0 saturated heterocycles. The molecule has 3 atom stereocenters. The second kappa shape index (κ2) is 10.7. The van der Waals surface area contributed by atoms with Gasteiger partial charge in [-0.3, -0.25) is 4.79 Å². The van der Waals surface area contributed by atoms with Gasteiger partial charge in [0, 0.05) is 41.8 Å². The van der Waals surface area contributed by atoms with Gasteiger partial charge < -0.3 is 26.3 Å². The molecule has 182 valence electrons. The summed E-state index contributed by atoms with van der Waals surface area (Å²) < 4.78 is 8.03. The van der Waals surface area contributed by atoms with Crippen LogP contribution in [0.1, 0.15) is 50.7 Å². The largest absolute Gasteiger partial charge is 0.619 e. The number of aryl methyl sites for hydroxylation is 1. The van der Waals surface area contributed by atoms with Gasteiger partial charge in [-0.05, 0) is 32.3 Å². The number of ether oxygens (including phenoxy) is 1. The van der Waals surface area contributed by atoms with Gasteiger partial charge >= 0.3 is 5.97 Å². The van der Waals surface area contributed by atoms with Gasteiger partial charge in [0.1, 0.15) is 17.7 Å². The lowest BCUT2D eigenvalue weighted by Crippen LogP contribution is -2.38. The monoisotopic (exact) mass is 467 g/mol. The van der Waals surface area contributed by atoms with E-state index in [1.54, 1.807) is 23.7 Å². The highest BCUT2D eigenvalue weighted by molar-refractivity contribution is 5.74. The Morgan fingerprint density at radius 3 is 3.00 bits per heavy atom. The number of fused-ring (bicyclic) bond motifs is 1. The Hall–Kier alpha value is -3.40. The highest BCUT2D eigenvalue weighted by Crippen LogP contribution is 2.29. The van der Waals surface area contributed by atoms with Crippen molar-refractivity contribution < 1.29 is 14.3 Å². The smallest absolute Gasteiger partial charge is 0.322 e. The van der Waals surface area contributed by atoms with Crippen LogP contribution >= 0.6 is 0 Å². The molecule has 10 nitrogen and oxygen atoms in total. The number of hydrogen-bond donors (Lipinski definition) is 3. The standard InChI is InChI=1S/C24H33N7O3/c1-3-18-13-27-31-22(26-12-17-7-6-10-30(33)14-17)11-21(29-23(18)31)28-20-9-5-4-8-19(20)15-34-24(32)16(2)25/h6-7,10-11,13-14,16,19-20,26H,3-5,8-9,12,15,25H2,1-2H3,(H,28,29)/t16-,19-,20-/m0/s1. The fourth-order valence-corrected chi connectivity index (χ4v) is 4.36. The highest BCUT2D eigenvalue weighted by atomic mass is 16.5. The lowest BCUT2D eigenvalue weighted by Gasteiger charge is -2.32. The van der Waals surface area contributed by atoms with Crippen LogP contribution in [0.15, 0.2) is 36.8 Å². The predicted octanol–water partition coefficient (Wildman–Crippen LogP) is 2.40. The molecule has 0 unspecified atom stereocenters. The van der Waals surface area contributed by atoms with E-state index in [1.807, 2.05) is 18.3 Å². The number of rotatable bonds is 9. The van der Waals surface area contributed by atoms with Crippen LogP contribution in [0.5, 0.6) is 0 Å². The molecule has 0 aromatic carbocycles. The molecule has 0 aliphatic heterocycles. The fraction of sp³-hybridized carbons (Fsp3) is 0.500.